The molecule has 0 aliphatic heterocycles. The van der Waals surface area contributed by atoms with Crippen LogP contribution >= 0.6 is 35.1 Å². The second kappa shape index (κ2) is 12.1. The maximum atomic E-state index is 8.98. The van der Waals surface area contributed by atoms with E-state index in [4.69, 9.17) is 10.8 Å². The number of halogens is 2. The number of thiazole rings is 2. The topological polar surface area (TPSA) is 88.8 Å². The molecule has 0 spiro atoms. The van der Waals surface area contributed by atoms with Gasteiger partial charge >= 0.3 is 0 Å². The van der Waals surface area contributed by atoms with Gasteiger partial charge in [0.2, 0.25) is 5.51 Å². The van der Waals surface area contributed by atoms with Crippen molar-refractivity contribution < 1.29 is 22.1 Å². The number of hydrogen-bond donors (Lipinski definition) is 2. The molecule has 0 saturated carbocycles. The average Bonchev–Trinajstić information content (AvgIpc) is 3.19. The zero-order chi connectivity index (χ0) is 16.7. The SMILES string of the molecule is Cc1ncc(C[n+]2csc(CCO)c2C)c(N)n1.Cl.[Cl-].c1cscn1. The van der Waals surface area contributed by atoms with Gasteiger partial charge < -0.3 is 23.2 Å². The number of rotatable bonds is 4. The first kappa shape index (κ1) is 23.7. The van der Waals surface area contributed by atoms with E-state index in [0.717, 1.165) is 11.3 Å². The third-order valence-electron chi connectivity index (χ3n) is 3.20. The molecule has 10 heteroatoms. The Bertz CT molecular complexity index is 720. The van der Waals surface area contributed by atoms with E-state index in [0.29, 0.717) is 24.6 Å². The van der Waals surface area contributed by atoms with Gasteiger partial charge in [0.25, 0.3) is 0 Å². The van der Waals surface area contributed by atoms with Crippen molar-refractivity contribution in [2.24, 2.45) is 0 Å². The van der Waals surface area contributed by atoms with Crippen LogP contribution in [0.15, 0.2) is 28.8 Å². The highest BCUT2D eigenvalue weighted by Gasteiger charge is 2.16. The lowest BCUT2D eigenvalue weighted by Gasteiger charge is -2.01. The van der Waals surface area contributed by atoms with E-state index in [9.17, 15) is 0 Å². The molecular weight excluding hydrogens is 401 g/mol. The van der Waals surface area contributed by atoms with Crippen molar-refractivity contribution in [3.05, 3.63) is 50.8 Å². The molecule has 3 heterocycles. The molecule has 3 rings (SSSR count). The summed E-state index contributed by atoms with van der Waals surface area (Å²) in [5.74, 6) is 1.22. The van der Waals surface area contributed by atoms with Gasteiger partial charge in [0.05, 0.1) is 16.0 Å². The van der Waals surface area contributed by atoms with Crippen LogP contribution in [0.2, 0.25) is 0 Å². The molecule has 0 aliphatic rings. The Morgan fingerprint density at radius 3 is 2.60 bits per heavy atom. The molecule has 3 N–H and O–H groups in total. The zero-order valence-corrected chi connectivity index (χ0v) is 17.1. The molecule has 0 amide bonds. The number of aliphatic hydroxyl groups is 1. The number of nitrogens with two attached hydrogens (primary N) is 1. The molecule has 3 aromatic heterocycles. The maximum absolute atomic E-state index is 8.98. The summed E-state index contributed by atoms with van der Waals surface area (Å²) < 4.78 is 2.11. The summed E-state index contributed by atoms with van der Waals surface area (Å²) >= 11 is 3.25. The van der Waals surface area contributed by atoms with E-state index in [2.05, 4.69) is 19.5 Å². The molecule has 6 nitrogen and oxygen atoms in total. The minimum absolute atomic E-state index is 0. The first-order valence-corrected chi connectivity index (χ1v) is 8.91. The van der Waals surface area contributed by atoms with Crippen molar-refractivity contribution in [3.8, 4) is 0 Å². The molecule has 0 fully saturated rings. The third kappa shape index (κ3) is 7.21. The quantitative estimate of drug-likeness (QED) is 0.537. The van der Waals surface area contributed by atoms with E-state index in [-0.39, 0.29) is 31.4 Å². The van der Waals surface area contributed by atoms with Gasteiger partial charge in [0.1, 0.15) is 11.6 Å². The predicted octanol–water partition coefficient (Wildman–Crippen LogP) is -0.823. The molecule has 0 saturated heterocycles. The molecule has 0 aliphatic carbocycles. The van der Waals surface area contributed by atoms with Gasteiger partial charge in [-0.15, -0.1) is 23.7 Å². The van der Waals surface area contributed by atoms with Gasteiger partial charge in [0, 0.05) is 37.7 Å². The summed E-state index contributed by atoms with van der Waals surface area (Å²) in [6.07, 6.45) is 4.24. The lowest BCUT2D eigenvalue weighted by atomic mass is 10.2. The lowest BCUT2D eigenvalue weighted by molar-refractivity contribution is -0.689. The van der Waals surface area contributed by atoms with Gasteiger partial charge in [-0.1, -0.05) is 11.3 Å². The van der Waals surface area contributed by atoms with Crippen LogP contribution in [0.4, 0.5) is 5.82 Å². The number of aromatic nitrogens is 4. The number of hydrogen-bond acceptors (Lipinski definition) is 7. The Labute approximate surface area is 167 Å². The maximum Gasteiger partial charge on any atom is 0.225 e. The summed E-state index contributed by atoms with van der Waals surface area (Å²) in [6.45, 7) is 4.71. The Kier molecular flexibility index (Phi) is 11.5. The number of aryl methyl sites for hydroxylation is 1. The second-order valence-corrected chi connectivity index (χ2v) is 6.53. The van der Waals surface area contributed by atoms with Crippen LogP contribution in [-0.2, 0) is 13.0 Å². The van der Waals surface area contributed by atoms with Crippen molar-refractivity contribution >= 4 is 40.9 Å². The third-order valence-corrected chi connectivity index (χ3v) is 4.87. The van der Waals surface area contributed by atoms with Crippen LogP contribution in [0.3, 0.4) is 0 Å². The Hall–Kier alpha value is -1.32. The van der Waals surface area contributed by atoms with E-state index in [1.54, 1.807) is 40.6 Å². The Morgan fingerprint density at radius 2 is 2.08 bits per heavy atom. The Balaban J connectivity index is 0.000000711. The van der Waals surface area contributed by atoms with Crippen LogP contribution in [0, 0.1) is 13.8 Å². The van der Waals surface area contributed by atoms with Crippen molar-refractivity contribution in [3.63, 3.8) is 0 Å². The highest BCUT2D eigenvalue weighted by molar-refractivity contribution is 7.09. The fourth-order valence-corrected chi connectivity index (χ4v) is 3.28. The number of anilines is 1. The fraction of sp³-hybridized carbons (Fsp3) is 0.333. The van der Waals surface area contributed by atoms with Gasteiger partial charge in [-0.3, -0.25) is 4.98 Å². The minimum atomic E-state index is 0. The molecule has 0 atom stereocenters. The lowest BCUT2D eigenvalue weighted by Crippen LogP contribution is -3.00. The minimum Gasteiger partial charge on any atom is -1.00 e. The van der Waals surface area contributed by atoms with Gasteiger partial charge in [0.15, 0.2) is 12.2 Å². The summed E-state index contributed by atoms with van der Waals surface area (Å²) in [6, 6.07) is 0. The molecule has 3 aromatic rings. The fourth-order valence-electron chi connectivity index (χ4n) is 1.94. The van der Waals surface area contributed by atoms with E-state index < -0.39 is 0 Å². The molecule has 138 valence electrons. The smallest absolute Gasteiger partial charge is 0.225 e. The highest BCUT2D eigenvalue weighted by atomic mass is 35.5. The summed E-state index contributed by atoms with van der Waals surface area (Å²) in [7, 11) is 0. The van der Waals surface area contributed by atoms with Crippen molar-refractivity contribution in [2.75, 3.05) is 12.3 Å². The van der Waals surface area contributed by atoms with Crippen molar-refractivity contribution in [1.82, 2.24) is 15.0 Å². The number of nitrogens with zero attached hydrogens (tertiary/aromatic N) is 4. The van der Waals surface area contributed by atoms with E-state index in [1.165, 1.54) is 4.88 Å². The first-order valence-electron chi connectivity index (χ1n) is 7.09. The predicted molar refractivity (Wildman–Crippen MR) is 99.7 cm³/mol. The molecular formula is C15H21Cl2N5OS2. The van der Waals surface area contributed by atoms with Crippen LogP contribution in [0.25, 0.3) is 0 Å². The summed E-state index contributed by atoms with van der Waals surface area (Å²) in [5.41, 5.74) is 11.8. The molecule has 0 bridgehead atoms. The summed E-state index contributed by atoms with van der Waals surface area (Å²) in [4.78, 5) is 13.3. The molecule has 0 unspecified atom stereocenters. The normalized spacial score (nSPS) is 9.40. The molecule has 0 aromatic carbocycles. The number of aliphatic hydroxyl groups excluding tert-OH is 1. The molecule has 0 radical (unpaired) electrons. The van der Waals surface area contributed by atoms with Crippen LogP contribution < -0.4 is 22.7 Å². The van der Waals surface area contributed by atoms with E-state index in [1.807, 2.05) is 24.7 Å². The van der Waals surface area contributed by atoms with Gasteiger partial charge in [-0.05, 0) is 6.92 Å². The standard InChI is InChI=1S/C12H17N4OS.C3H3NS.2ClH/c1-8-11(3-4-17)18-7-16(8)6-10-5-14-9(2)15-12(10)13;1-2-5-3-4-1;;/h5,7,17H,3-4,6H2,1-2H3,(H2,13,14,15);1-3H;2*1H/q+1;;;/p-1. The first-order chi connectivity index (χ1) is 11.1. The number of nitrogen functional groups attached to an aromatic ring is 1. The largest absolute Gasteiger partial charge is 1.00 e. The van der Waals surface area contributed by atoms with Crippen molar-refractivity contribution in [1.29, 1.82) is 0 Å². The van der Waals surface area contributed by atoms with Crippen LogP contribution in [-0.4, -0.2) is 26.7 Å². The zero-order valence-electron chi connectivity index (χ0n) is 13.9. The van der Waals surface area contributed by atoms with Crippen molar-refractivity contribution in [2.45, 2.75) is 26.8 Å². The molecule has 25 heavy (non-hydrogen) atoms. The summed E-state index contributed by atoms with van der Waals surface area (Å²) in [5, 5.41) is 10.9. The monoisotopic (exact) mass is 421 g/mol. The van der Waals surface area contributed by atoms with Crippen LogP contribution in [0.1, 0.15) is 22.0 Å². The Morgan fingerprint density at radius 1 is 1.32 bits per heavy atom. The van der Waals surface area contributed by atoms with E-state index >= 15 is 0 Å². The van der Waals surface area contributed by atoms with Crippen LogP contribution in [0.5, 0.6) is 0 Å². The van der Waals surface area contributed by atoms with Gasteiger partial charge in [-0.2, -0.15) is 4.57 Å². The van der Waals surface area contributed by atoms with Gasteiger partial charge in [-0.25, -0.2) is 9.97 Å². The second-order valence-electron chi connectivity index (χ2n) is 4.84. The highest BCUT2D eigenvalue weighted by Crippen LogP contribution is 2.13. The average molecular weight is 422 g/mol.